The lowest BCUT2D eigenvalue weighted by molar-refractivity contribution is -0.132. The number of carbonyl (C=O) groups is 1. The Morgan fingerprint density at radius 2 is 2.05 bits per heavy atom. The van der Waals surface area contributed by atoms with Crippen LogP contribution in [0.1, 0.15) is 24.8 Å². The van der Waals surface area contributed by atoms with Crippen molar-refractivity contribution in [3.05, 3.63) is 21.3 Å². The summed E-state index contributed by atoms with van der Waals surface area (Å²) in [5.41, 5.74) is 5.83. The Balaban J connectivity index is 2.69. The summed E-state index contributed by atoms with van der Waals surface area (Å²) in [5, 5.41) is 0. The molecule has 0 aliphatic heterocycles. The summed E-state index contributed by atoms with van der Waals surface area (Å²) >= 11 is 7.47. The Morgan fingerprint density at radius 3 is 2.47 bits per heavy atom. The number of hydrogen-bond donors (Lipinski definition) is 1. The molecule has 19 heavy (non-hydrogen) atoms. The molecule has 2 N–H and O–H groups in total. The van der Waals surface area contributed by atoms with E-state index in [1.54, 1.807) is 0 Å². The number of likely N-dealkylation sites (N-methyl/N-ethyl adjacent to an activating group) is 2. The topological polar surface area (TPSA) is 49.6 Å². The maximum atomic E-state index is 12.1. The molecule has 108 valence electrons. The van der Waals surface area contributed by atoms with Crippen LogP contribution in [-0.2, 0) is 4.79 Å². The van der Waals surface area contributed by atoms with Gasteiger partial charge in [-0.1, -0.05) is 11.6 Å². The predicted octanol–water partition coefficient (Wildman–Crippen LogP) is 2.20. The van der Waals surface area contributed by atoms with Gasteiger partial charge in [0, 0.05) is 24.5 Å². The van der Waals surface area contributed by atoms with Gasteiger partial charge in [-0.15, -0.1) is 11.3 Å². The van der Waals surface area contributed by atoms with Crippen molar-refractivity contribution in [3.8, 4) is 0 Å². The minimum absolute atomic E-state index is 0.0389. The number of nitrogens with two attached hydrogens (primary N) is 1. The second kappa shape index (κ2) is 7.85. The second-order valence-corrected chi connectivity index (χ2v) is 6.12. The van der Waals surface area contributed by atoms with Crippen LogP contribution >= 0.6 is 22.9 Å². The minimum Gasteiger partial charge on any atom is -0.342 e. The van der Waals surface area contributed by atoms with Crippen molar-refractivity contribution in [2.75, 3.05) is 33.2 Å². The molecule has 0 radical (unpaired) electrons. The lowest BCUT2D eigenvalue weighted by atomic mass is 10.2. The third kappa shape index (κ3) is 4.45. The second-order valence-electron chi connectivity index (χ2n) is 4.37. The van der Waals surface area contributed by atoms with E-state index in [-0.39, 0.29) is 11.9 Å². The first-order valence-electron chi connectivity index (χ1n) is 6.46. The Bertz CT molecular complexity index is 406. The smallest absolute Gasteiger partial charge is 0.236 e. The summed E-state index contributed by atoms with van der Waals surface area (Å²) in [6, 6.07) is 3.88. The number of rotatable bonds is 7. The number of carbonyl (C=O) groups excluding carboxylic acids is 1. The highest BCUT2D eigenvalue weighted by atomic mass is 35.5. The zero-order valence-electron chi connectivity index (χ0n) is 11.7. The van der Waals surface area contributed by atoms with Crippen molar-refractivity contribution in [1.82, 2.24) is 9.80 Å². The van der Waals surface area contributed by atoms with E-state index in [0.29, 0.717) is 13.1 Å². The van der Waals surface area contributed by atoms with Crippen molar-refractivity contribution in [2.24, 2.45) is 5.73 Å². The summed E-state index contributed by atoms with van der Waals surface area (Å²) < 4.78 is 0.747. The number of halogens is 1. The van der Waals surface area contributed by atoms with Crippen LogP contribution in [0, 0.1) is 0 Å². The summed E-state index contributed by atoms with van der Waals surface area (Å²) in [6.45, 7) is 6.29. The van der Waals surface area contributed by atoms with Crippen LogP contribution in [-0.4, -0.2) is 48.9 Å². The fourth-order valence-electron chi connectivity index (χ4n) is 2.02. The van der Waals surface area contributed by atoms with Crippen LogP contribution in [0.5, 0.6) is 0 Å². The standard InChI is InChI=1S/C13H22ClN3OS/c1-4-17(5-2)13(18)9-16(3)10(8-15)11-6-7-12(14)19-11/h6-7,10H,4-5,8-9,15H2,1-3H3. The third-order valence-corrected chi connectivity index (χ3v) is 4.51. The van der Waals surface area contributed by atoms with Gasteiger partial charge in [-0.3, -0.25) is 9.69 Å². The van der Waals surface area contributed by atoms with Gasteiger partial charge in [0.15, 0.2) is 0 Å². The van der Waals surface area contributed by atoms with Gasteiger partial charge in [0.2, 0.25) is 5.91 Å². The maximum Gasteiger partial charge on any atom is 0.236 e. The molecule has 1 unspecified atom stereocenters. The average molecular weight is 304 g/mol. The molecule has 0 aromatic carbocycles. The molecule has 0 saturated carbocycles. The van der Waals surface area contributed by atoms with Gasteiger partial charge in [-0.05, 0) is 33.0 Å². The number of thiophene rings is 1. The third-order valence-electron chi connectivity index (χ3n) is 3.18. The molecular weight excluding hydrogens is 282 g/mol. The molecule has 1 rings (SSSR count). The van der Waals surface area contributed by atoms with Gasteiger partial charge in [-0.25, -0.2) is 0 Å². The molecule has 0 aliphatic carbocycles. The SMILES string of the molecule is CCN(CC)C(=O)CN(C)C(CN)c1ccc(Cl)s1. The van der Waals surface area contributed by atoms with Crippen LogP contribution in [0.3, 0.4) is 0 Å². The van der Waals surface area contributed by atoms with E-state index >= 15 is 0 Å². The minimum atomic E-state index is 0.0389. The zero-order valence-corrected chi connectivity index (χ0v) is 13.3. The normalized spacial score (nSPS) is 12.7. The highest BCUT2D eigenvalue weighted by molar-refractivity contribution is 7.16. The van der Waals surface area contributed by atoms with Gasteiger partial charge >= 0.3 is 0 Å². The fourth-order valence-corrected chi connectivity index (χ4v) is 3.26. The van der Waals surface area contributed by atoms with E-state index in [1.807, 2.05) is 42.8 Å². The Labute approximate surface area is 124 Å². The number of amides is 1. The van der Waals surface area contributed by atoms with Crippen molar-refractivity contribution in [1.29, 1.82) is 0 Å². The van der Waals surface area contributed by atoms with Crippen molar-refractivity contribution in [3.63, 3.8) is 0 Å². The van der Waals surface area contributed by atoms with Gasteiger partial charge in [0.25, 0.3) is 0 Å². The van der Waals surface area contributed by atoms with E-state index in [2.05, 4.69) is 0 Å². The van der Waals surface area contributed by atoms with Crippen LogP contribution in [0.25, 0.3) is 0 Å². The van der Waals surface area contributed by atoms with Crippen molar-refractivity contribution < 1.29 is 4.79 Å². The summed E-state index contributed by atoms with van der Waals surface area (Å²) in [7, 11) is 1.92. The van der Waals surface area contributed by atoms with Gasteiger partial charge < -0.3 is 10.6 Å². The van der Waals surface area contributed by atoms with Gasteiger partial charge in [-0.2, -0.15) is 0 Å². The predicted molar refractivity (Wildman–Crippen MR) is 81.7 cm³/mol. The first-order valence-corrected chi connectivity index (χ1v) is 7.66. The molecule has 0 spiro atoms. The number of hydrogen-bond acceptors (Lipinski definition) is 4. The van der Waals surface area contributed by atoms with Crippen molar-refractivity contribution in [2.45, 2.75) is 19.9 Å². The van der Waals surface area contributed by atoms with Crippen LogP contribution in [0.15, 0.2) is 12.1 Å². The Hall–Kier alpha value is -0.620. The quantitative estimate of drug-likeness (QED) is 0.840. The Kier molecular flexibility index (Phi) is 6.79. The van der Waals surface area contributed by atoms with Crippen LogP contribution < -0.4 is 5.73 Å². The molecule has 1 aromatic heterocycles. The summed E-state index contributed by atoms with van der Waals surface area (Å²) in [4.78, 5) is 17.0. The molecule has 1 aromatic rings. The number of nitrogens with zero attached hydrogens (tertiary/aromatic N) is 2. The van der Waals surface area contributed by atoms with E-state index in [9.17, 15) is 4.79 Å². The monoisotopic (exact) mass is 303 g/mol. The zero-order chi connectivity index (χ0) is 14.4. The first-order chi connectivity index (χ1) is 9.03. The highest BCUT2D eigenvalue weighted by Crippen LogP contribution is 2.29. The molecule has 4 nitrogen and oxygen atoms in total. The molecule has 1 atom stereocenters. The molecule has 1 amide bonds. The lowest BCUT2D eigenvalue weighted by Crippen LogP contribution is -2.41. The molecule has 0 fully saturated rings. The molecule has 1 heterocycles. The molecule has 6 heteroatoms. The highest BCUT2D eigenvalue weighted by Gasteiger charge is 2.21. The molecule has 0 aliphatic rings. The van der Waals surface area contributed by atoms with Crippen LogP contribution in [0.4, 0.5) is 0 Å². The van der Waals surface area contributed by atoms with E-state index in [1.165, 1.54) is 11.3 Å². The summed E-state index contributed by atoms with van der Waals surface area (Å²) in [6.07, 6.45) is 0. The first kappa shape index (κ1) is 16.4. The molecular formula is C13H22ClN3OS. The Morgan fingerprint density at radius 1 is 1.42 bits per heavy atom. The average Bonchev–Trinajstić information content (AvgIpc) is 2.78. The van der Waals surface area contributed by atoms with E-state index in [4.69, 9.17) is 17.3 Å². The van der Waals surface area contributed by atoms with Gasteiger partial charge in [0.05, 0.1) is 16.9 Å². The lowest BCUT2D eigenvalue weighted by Gasteiger charge is -2.28. The molecule has 0 bridgehead atoms. The molecule has 0 saturated heterocycles. The maximum absolute atomic E-state index is 12.1. The summed E-state index contributed by atoms with van der Waals surface area (Å²) in [5.74, 6) is 0.133. The fraction of sp³-hybridized carbons (Fsp3) is 0.615. The van der Waals surface area contributed by atoms with Crippen LogP contribution in [0.2, 0.25) is 4.34 Å². The van der Waals surface area contributed by atoms with Crippen molar-refractivity contribution >= 4 is 28.8 Å². The van der Waals surface area contributed by atoms with E-state index < -0.39 is 0 Å². The van der Waals surface area contributed by atoms with E-state index in [0.717, 1.165) is 22.3 Å². The largest absolute Gasteiger partial charge is 0.342 e. The van der Waals surface area contributed by atoms with Gasteiger partial charge in [0.1, 0.15) is 0 Å².